The molecule has 17 heavy (non-hydrogen) atoms. The number of likely N-dealkylation sites (tertiary alicyclic amines) is 1. The molecule has 0 N–H and O–H groups in total. The summed E-state index contributed by atoms with van der Waals surface area (Å²) in [6, 6.07) is 5.21. The maximum Gasteiger partial charge on any atom is 0.146 e. The fraction of sp³-hybridized carbons (Fsp3) is 0.538. The topological polar surface area (TPSA) is 3.24 Å². The molecule has 2 unspecified atom stereocenters. The summed E-state index contributed by atoms with van der Waals surface area (Å²) < 4.78 is 13.8. The van der Waals surface area contributed by atoms with Crippen molar-refractivity contribution >= 4 is 27.5 Å². The third-order valence-electron chi connectivity index (χ3n) is 3.31. The van der Waals surface area contributed by atoms with Crippen molar-refractivity contribution < 1.29 is 4.39 Å². The lowest BCUT2D eigenvalue weighted by atomic mass is 9.99. The number of alkyl halides is 1. The van der Waals surface area contributed by atoms with E-state index in [4.69, 9.17) is 11.6 Å². The second-order valence-corrected chi connectivity index (χ2v) is 6.31. The summed E-state index contributed by atoms with van der Waals surface area (Å²) >= 11 is 9.45. The zero-order valence-corrected chi connectivity index (χ0v) is 12.1. The van der Waals surface area contributed by atoms with E-state index < -0.39 is 0 Å². The van der Waals surface area contributed by atoms with Crippen molar-refractivity contribution in [3.05, 3.63) is 34.6 Å². The summed E-state index contributed by atoms with van der Waals surface area (Å²) in [5, 5.41) is 0.214. The Bertz CT molecular complexity index is 399. The molecule has 1 aliphatic rings. The highest BCUT2D eigenvalue weighted by molar-refractivity contribution is 9.09. The highest BCUT2D eigenvalue weighted by atomic mass is 79.9. The lowest BCUT2D eigenvalue weighted by Crippen LogP contribution is -2.39. The van der Waals surface area contributed by atoms with Crippen molar-refractivity contribution in [2.75, 3.05) is 13.1 Å². The van der Waals surface area contributed by atoms with E-state index in [1.165, 1.54) is 0 Å². The first-order valence-electron chi connectivity index (χ1n) is 5.87. The molecule has 2 atom stereocenters. The Hall–Kier alpha value is -0.120. The van der Waals surface area contributed by atoms with E-state index in [9.17, 15) is 4.39 Å². The molecule has 1 aliphatic heterocycles. The Morgan fingerprint density at radius 1 is 1.53 bits per heavy atom. The highest BCUT2D eigenvalue weighted by Crippen LogP contribution is 2.26. The Morgan fingerprint density at radius 3 is 3.00 bits per heavy atom. The maximum absolute atomic E-state index is 13.8. The van der Waals surface area contributed by atoms with Gasteiger partial charge in [0.1, 0.15) is 5.82 Å². The molecule has 4 heteroatoms. The molecule has 1 fully saturated rings. The van der Waals surface area contributed by atoms with Crippen molar-refractivity contribution in [2.45, 2.75) is 24.7 Å². The minimum Gasteiger partial charge on any atom is -0.299 e. The number of rotatable bonds is 2. The Balaban J connectivity index is 2.04. The van der Waals surface area contributed by atoms with Gasteiger partial charge in [0.2, 0.25) is 0 Å². The minimum atomic E-state index is -0.275. The summed E-state index contributed by atoms with van der Waals surface area (Å²) in [5.41, 5.74) is 0.692. The first-order chi connectivity index (χ1) is 8.08. The molecule has 2 rings (SSSR count). The molecule has 94 valence electrons. The van der Waals surface area contributed by atoms with Gasteiger partial charge in [-0.25, -0.2) is 4.39 Å². The van der Waals surface area contributed by atoms with Gasteiger partial charge in [-0.05, 0) is 24.9 Å². The first-order valence-corrected chi connectivity index (χ1v) is 7.16. The summed E-state index contributed by atoms with van der Waals surface area (Å²) in [7, 11) is 0. The predicted octanol–water partition coefficient (Wildman–Crippen LogP) is 4.08. The summed E-state index contributed by atoms with van der Waals surface area (Å²) in [6.07, 6.45) is 1.11. The Kier molecular flexibility index (Phi) is 4.45. The van der Waals surface area contributed by atoms with Gasteiger partial charge >= 0.3 is 0 Å². The normalized spacial score (nSPS) is 26.1. The minimum absolute atomic E-state index is 0.214. The predicted molar refractivity (Wildman–Crippen MR) is 73.2 cm³/mol. The van der Waals surface area contributed by atoms with Gasteiger partial charge in [0.05, 0.1) is 5.02 Å². The van der Waals surface area contributed by atoms with E-state index in [0.29, 0.717) is 22.9 Å². The van der Waals surface area contributed by atoms with Crippen LogP contribution in [0.15, 0.2) is 18.2 Å². The van der Waals surface area contributed by atoms with Crippen molar-refractivity contribution in [1.29, 1.82) is 0 Å². The number of piperidine rings is 1. The molecule has 1 heterocycles. The van der Waals surface area contributed by atoms with E-state index in [2.05, 4.69) is 27.8 Å². The molecule has 0 aromatic heterocycles. The van der Waals surface area contributed by atoms with E-state index in [1.54, 1.807) is 12.1 Å². The van der Waals surface area contributed by atoms with Crippen LogP contribution in [0.3, 0.4) is 0 Å². The molecule has 1 aromatic rings. The van der Waals surface area contributed by atoms with Crippen LogP contribution >= 0.6 is 27.5 Å². The van der Waals surface area contributed by atoms with Gasteiger partial charge in [-0.2, -0.15) is 0 Å². The first kappa shape index (κ1) is 13.3. The van der Waals surface area contributed by atoms with Crippen LogP contribution in [0.2, 0.25) is 5.02 Å². The Morgan fingerprint density at radius 2 is 2.29 bits per heavy atom. The zero-order chi connectivity index (χ0) is 12.4. The second-order valence-electron chi connectivity index (χ2n) is 4.73. The van der Waals surface area contributed by atoms with E-state index in [-0.39, 0.29) is 10.8 Å². The van der Waals surface area contributed by atoms with Crippen molar-refractivity contribution in [3.8, 4) is 0 Å². The monoisotopic (exact) mass is 319 g/mol. The summed E-state index contributed by atoms with van der Waals surface area (Å²) in [4.78, 5) is 2.87. The van der Waals surface area contributed by atoms with Crippen molar-refractivity contribution in [3.63, 3.8) is 0 Å². The molecular formula is C13H16BrClFN. The summed E-state index contributed by atoms with van der Waals surface area (Å²) in [6.45, 7) is 4.88. The second kappa shape index (κ2) is 5.68. The van der Waals surface area contributed by atoms with Gasteiger partial charge in [0, 0.05) is 23.5 Å². The van der Waals surface area contributed by atoms with E-state index >= 15 is 0 Å². The third kappa shape index (κ3) is 3.21. The van der Waals surface area contributed by atoms with Gasteiger partial charge in [-0.3, -0.25) is 4.90 Å². The molecular weight excluding hydrogens is 305 g/mol. The molecule has 0 radical (unpaired) electrons. The van der Waals surface area contributed by atoms with Gasteiger partial charge in [-0.15, -0.1) is 0 Å². The summed E-state index contributed by atoms with van der Waals surface area (Å²) in [5.74, 6) is 0.328. The number of halogens is 3. The number of hydrogen-bond acceptors (Lipinski definition) is 1. The lowest BCUT2D eigenvalue weighted by Gasteiger charge is -2.34. The van der Waals surface area contributed by atoms with Crippen LogP contribution in [-0.4, -0.2) is 22.8 Å². The van der Waals surface area contributed by atoms with Gasteiger partial charge in [0.25, 0.3) is 0 Å². The van der Waals surface area contributed by atoms with E-state index in [0.717, 1.165) is 19.5 Å². The van der Waals surface area contributed by atoms with Crippen LogP contribution in [0.4, 0.5) is 4.39 Å². The largest absolute Gasteiger partial charge is 0.299 e. The molecule has 1 nitrogen and oxygen atoms in total. The van der Waals surface area contributed by atoms with Crippen LogP contribution < -0.4 is 0 Å². The fourth-order valence-corrected chi connectivity index (χ4v) is 2.82. The van der Waals surface area contributed by atoms with Crippen LogP contribution in [0.5, 0.6) is 0 Å². The van der Waals surface area contributed by atoms with Crippen LogP contribution in [-0.2, 0) is 6.54 Å². The standard InChI is InChI=1S/C13H16BrClFN/c1-9-7-17(6-5-11(9)14)8-10-3-2-4-12(15)13(10)16/h2-4,9,11H,5-8H2,1H3. The van der Waals surface area contributed by atoms with Crippen LogP contribution in [0.25, 0.3) is 0 Å². The molecule has 1 saturated heterocycles. The molecule has 0 spiro atoms. The number of nitrogens with zero attached hydrogens (tertiary/aromatic N) is 1. The van der Waals surface area contributed by atoms with Crippen molar-refractivity contribution in [1.82, 2.24) is 4.90 Å². The molecule has 0 aliphatic carbocycles. The average Bonchev–Trinajstić information content (AvgIpc) is 2.30. The maximum atomic E-state index is 13.8. The highest BCUT2D eigenvalue weighted by Gasteiger charge is 2.24. The van der Waals surface area contributed by atoms with Gasteiger partial charge in [-0.1, -0.05) is 46.6 Å². The molecule has 0 saturated carbocycles. The Labute approximate surface area is 115 Å². The van der Waals surface area contributed by atoms with Crippen LogP contribution in [0.1, 0.15) is 18.9 Å². The molecule has 0 amide bonds. The number of hydrogen-bond donors (Lipinski definition) is 0. The van der Waals surface area contributed by atoms with E-state index in [1.807, 2.05) is 6.07 Å². The third-order valence-corrected chi connectivity index (χ3v) is 4.96. The van der Waals surface area contributed by atoms with Crippen molar-refractivity contribution in [2.24, 2.45) is 5.92 Å². The SMILES string of the molecule is CC1CN(Cc2cccc(Cl)c2F)CCC1Br. The molecule has 1 aromatic carbocycles. The quantitative estimate of drug-likeness (QED) is 0.742. The van der Waals surface area contributed by atoms with Gasteiger partial charge in [0.15, 0.2) is 0 Å². The van der Waals surface area contributed by atoms with Gasteiger partial charge < -0.3 is 0 Å². The average molecular weight is 321 g/mol. The van der Waals surface area contributed by atoms with Crippen LogP contribution in [0, 0.1) is 11.7 Å². The number of benzene rings is 1. The zero-order valence-electron chi connectivity index (χ0n) is 9.80. The lowest BCUT2D eigenvalue weighted by molar-refractivity contribution is 0.181. The fourth-order valence-electron chi connectivity index (χ4n) is 2.26. The molecule has 0 bridgehead atoms. The smallest absolute Gasteiger partial charge is 0.146 e.